The summed E-state index contributed by atoms with van der Waals surface area (Å²) in [4.78, 5) is 25.1. The maximum Gasteiger partial charge on any atom is 0.518 e. The zero-order valence-electron chi connectivity index (χ0n) is 24.8. The van der Waals surface area contributed by atoms with E-state index in [0.717, 1.165) is 22.3 Å². The molecule has 7 nitrogen and oxygen atoms in total. The second kappa shape index (κ2) is 13.7. The molecule has 0 atom stereocenters. The van der Waals surface area contributed by atoms with Crippen molar-refractivity contribution in [2.75, 3.05) is 34.0 Å². The summed E-state index contributed by atoms with van der Waals surface area (Å²) in [5.41, 5.74) is 3.87. The molecule has 0 spiro atoms. The van der Waals surface area contributed by atoms with E-state index in [1.807, 2.05) is 50.5 Å². The molecule has 2 aromatic carbocycles. The molecule has 2 rings (SSSR count). The van der Waals surface area contributed by atoms with Gasteiger partial charge >= 0.3 is 12.3 Å². The van der Waals surface area contributed by atoms with E-state index >= 15 is 0 Å². The third-order valence-corrected chi connectivity index (χ3v) is 6.46. The third kappa shape index (κ3) is 8.76. The van der Waals surface area contributed by atoms with Gasteiger partial charge in [-0.05, 0) is 45.9 Å². The van der Waals surface area contributed by atoms with Gasteiger partial charge in [-0.25, -0.2) is 9.59 Å². The molecule has 38 heavy (non-hydrogen) atoms. The van der Waals surface area contributed by atoms with Crippen molar-refractivity contribution in [2.45, 2.75) is 79.1 Å². The normalized spacial score (nSPS) is 11.8. The number of para-hydroxylation sites is 2. The molecule has 0 bridgehead atoms. The van der Waals surface area contributed by atoms with Gasteiger partial charge in [-0.3, -0.25) is 4.48 Å². The van der Waals surface area contributed by atoms with Crippen LogP contribution in [0.2, 0.25) is 0 Å². The third-order valence-electron chi connectivity index (χ3n) is 6.46. The Morgan fingerprint density at radius 3 is 1.32 bits per heavy atom. The summed E-state index contributed by atoms with van der Waals surface area (Å²) in [6.45, 7) is 17.1. The Hall–Kier alpha value is -3.06. The van der Waals surface area contributed by atoms with Crippen LogP contribution in [0.1, 0.15) is 101 Å². The highest BCUT2D eigenvalue weighted by atomic mass is 16.7. The van der Waals surface area contributed by atoms with E-state index in [1.54, 1.807) is 0 Å². The number of hydrogen-bond acceptors (Lipinski definition) is 6. The molecule has 0 N–H and O–H groups in total. The van der Waals surface area contributed by atoms with Gasteiger partial charge in [0.15, 0.2) is 0 Å². The maximum atomic E-state index is 12.6. The van der Waals surface area contributed by atoms with Crippen LogP contribution in [0.3, 0.4) is 0 Å². The van der Waals surface area contributed by atoms with E-state index in [9.17, 15) is 9.59 Å². The SMILES string of the molecule is CC(C)c1cccc(C(C)C)c1OC(=O)OCC[N+](C)(C)COC(=O)Oc1c(C(C)C)cccc1C(C)C. The quantitative estimate of drug-likeness (QED) is 0.128. The first-order valence-corrected chi connectivity index (χ1v) is 13.5. The van der Waals surface area contributed by atoms with Crippen LogP contribution in [0, 0.1) is 0 Å². The largest absolute Gasteiger partial charge is 0.518 e. The summed E-state index contributed by atoms with van der Waals surface area (Å²) in [5.74, 6) is 1.95. The minimum absolute atomic E-state index is 0.0613. The van der Waals surface area contributed by atoms with Gasteiger partial charge in [-0.2, -0.15) is 0 Å². The Labute approximate surface area is 228 Å². The minimum atomic E-state index is -0.752. The lowest BCUT2D eigenvalue weighted by Gasteiger charge is -2.28. The highest BCUT2D eigenvalue weighted by Crippen LogP contribution is 2.36. The maximum absolute atomic E-state index is 12.6. The summed E-state index contributed by atoms with van der Waals surface area (Å²) >= 11 is 0. The van der Waals surface area contributed by atoms with Gasteiger partial charge in [-0.15, -0.1) is 0 Å². The number of rotatable bonds is 11. The van der Waals surface area contributed by atoms with E-state index in [2.05, 4.69) is 55.4 Å². The highest BCUT2D eigenvalue weighted by Gasteiger charge is 2.24. The number of carbonyl (C=O) groups excluding carboxylic acids is 2. The van der Waals surface area contributed by atoms with E-state index in [1.165, 1.54) is 0 Å². The van der Waals surface area contributed by atoms with Gasteiger partial charge < -0.3 is 18.9 Å². The smallest absolute Gasteiger partial charge is 0.428 e. The summed E-state index contributed by atoms with van der Waals surface area (Å²) in [7, 11) is 3.77. The van der Waals surface area contributed by atoms with Crippen molar-refractivity contribution in [3.05, 3.63) is 58.7 Å². The van der Waals surface area contributed by atoms with E-state index < -0.39 is 12.3 Å². The molecule has 0 aliphatic carbocycles. The molecule has 0 amide bonds. The number of nitrogens with zero attached hydrogens (tertiary/aromatic N) is 1. The predicted molar refractivity (Wildman–Crippen MR) is 150 cm³/mol. The monoisotopic (exact) mass is 528 g/mol. The molecule has 0 saturated heterocycles. The van der Waals surface area contributed by atoms with Crippen LogP contribution in [0.5, 0.6) is 11.5 Å². The first kappa shape index (κ1) is 31.2. The molecule has 0 aliphatic heterocycles. The van der Waals surface area contributed by atoms with Crippen LogP contribution in [0.15, 0.2) is 36.4 Å². The number of benzene rings is 2. The second-order valence-electron chi connectivity index (χ2n) is 11.6. The lowest BCUT2D eigenvalue weighted by molar-refractivity contribution is -0.907. The molecule has 0 unspecified atom stereocenters. The Morgan fingerprint density at radius 2 is 0.974 bits per heavy atom. The van der Waals surface area contributed by atoms with Crippen molar-refractivity contribution in [2.24, 2.45) is 0 Å². The number of hydrogen-bond donors (Lipinski definition) is 0. The number of likely N-dealkylation sites (N-methyl/N-ethyl adjacent to an activating group) is 1. The van der Waals surface area contributed by atoms with Gasteiger partial charge in [0.25, 0.3) is 0 Å². The molecule has 0 radical (unpaired) electrons. The Balaban J connectivity index is 1.94. The molecule has 2 aromatic rings. The van der Waals surface area contributed by atoms with E-state index in [-0.39, 0.29) is 41.5 Å². The Kier molecular flexibility index (Phi) is 11.2. The second-order valence-corrected chi connectivity index (χ2v) is 11.6. The van der Waals surface area contributed by atoms with Gasteiger partial charge in [-0.1, -0.05) is 91.8 Å². The van der Waals surface area contributed by atoms with Crippen LogP contribution >= 0.6 is 0 Å². The molecule has 0 saturated carbocycles. The van der Waals surface area contributed by atoms with Crippen LogP contribution in [0.25, 0.3) is 0 Å². The lowest BCUT2D eigenvalue weighted by atomic mass is 9.94. The predicted octanol–water partition coefficient (Wildman–Crippen LogP) is 7.95. The van der Waals surface area contributed by atoms with Gasteiger partial charge in [0.2, 0.25) is 6.73 Å². The standard InChI is InChI=1S/C31H46NO6/c1-20(2)24-13-11-14-25(21(3)4)28(24)37-30(33)35-18-17-32(9,10)19-36-31(34)38-29-26(22(5)6)15-12-16-27(29)23(7)8/h11-16,20-23H,17-19H2,1-10H3/q+1. The zero-order chi connectivity index (χ0) is 28.6. The van der Waals surface area contributed by atoms with Crippen molar-refractivity contribution in [1.29, 1.82) is 0 Å². The van der Waals surface area contributed by atoms with Gasteiger partial charge in [0.05, 0.1) is 14.1 Å². The molecule has 0 aliphatic rings. The van der Waals surface area contributed by atoms with Crippen molar-refractivity contribution in [3.8, 4) is 11.5 Å². The molecule has 0 heterocycles. The topological polar surface area (TPSA) is 71.1 Å². The number of ether oxygens (including phenoxy) is 4. The Bertz CT molecular complexity index is 1040. The molecular formula is C31H46NO6+. The first-order chi connectivity index (χ1) is 17.7. The van der Waals surface area contributed by atoms with Crippen molar-refractivity contribution in [1.82, 2.24) is 0 Å². The Morgan fingerprint density at radius 1 is 0.632 bits per heavy atom. The molecule has 0 aromatic heterocycles. The summed E-state index contributed by atoms with van der Waals surface area (Å²) in [6, 6.07) is 11.9. The summed E-state index contributed by atoms with van der Waals surface area (Å²) in [6.07, 6.45) is -1.50. The van der Waals surface area contributed by atoms with E-state index in [0.29, 0.717) is 18.0 Å². The molecular weight excluding hydrogens is 482 g/mol. The fourth-order valence-corrected chi connectivity index (χ4v) is 4.09. The van der Waals surface area contributed by atoms with Gasteiger partial charge in [0.1, 0.15) is 24.7 Å². The average molecular weight is 529 g/mol. The first-order valence-electron chi connectivity index (χ1n) is 13.5. The number of quaternary nitrogens is 1. The minimum Gasteiger partial charge on any atom is -0.428 e. The molecule has 210 valence electrons. The zero-order valence-corrected chi connectivity index (χ0v) is 24.8. The highest BCUT2D eigenvalue weighted by molar-refractivity contribution is 5.66. The van der Waals surface area contributed by atoms with Crippen molar-refractivity contribution >= 4 is 12.3 Å². The fourth-order valence-electron chi connectivity index (χ4n) is 4.09. The molecule has 0 fully saturated rings. The van der Waals surface area contributed by atoms with Crippen LogP contribution < -0.4 is 9.47 Å². The number of carbonyl (C=O) groups is 2. The summed E-state index contributed by atoms with van der Waals surface area (Å²) in [5, 5.41) is 0. The van der Waals surface area contributed by atoms with Crippen molar-refractivity contribution in [3.63, 3.8) is 0 Å². The van der Waals surface area contributed by atoms with Gasteiger partial charge in [0, 0.05) is 0 Å². The molecule has 7 heteroatoms. The van der Waals surface area contributed by atoms with Crippen LogP contribution in [-0.2, 0) is 9.47 Å². The summed E-state index contributed by atoms with van der Waals surface area (Å²) < 4.78 is 22.5. The lowest BCUT2D eigenvalue weighted by Crippen LogP contribution is -2.45. The fraction of sp³-hybridized carbons (Fsp3) is 0.548. The van der Waals surface area contributed by atoms with Crippen molar-refractivity contribution < 1.29 is 33.0 Å². The van der Waals surface area contributed by atoms with E-state index in [4.69, 9.17) is 18.9 Å². The van der Waals surface area contributed by atoms with Crippen LogP contribution in [0.4, 0.5) is 9.59 Å². The average Bonchev–Trinajstić information content (AvgIpc) is 2.82. The van der Waals surface area contributed by atoms with Crippen LogP contribution in [-0.4, -0.2) is 50.8 Å².